The summed E-state index contributed by atoms with van der Waals surface area (Å²) < 4.78 is 2.41. The second-order valence-electron chi connectivity index (χ2n) is 16.5. The minimum Gasteiger partial charge on any atom is -0.308 e. The maximum atomic E-state index is 5.39. The molecular formula is C59H44N4Si. The number of rotatable bonds is 9. The fraction of sp³-hybridized carbons (Fsp3) is 0.0339. The summed E-state index contributed by atoms with van der Waals surface area (Å²) in [5.41, 5.74) is 10.6. The molecule has 0 bridgehead atoms. The molecule has 11 aromatic rings. The molecule has 0 saturated carbocycles. The zero-order valence-electron chi connectivity index (χ0n) is 35.7. The summed E-state index contributed by atoms with van der Waals surface area (Å²) in [5, 5.41) is 7.76. The van der Waals surface area contributed by atoms with Crippen LogP contribution in [-0.2, 0) is 0 Å². The van der Waals surface area contributed by atoms with Crippen LogP contribution >= 0.6 is 0 Å². The van der Waals surface area contributed by atoms with Crippen LogP contribution in [0.4, 0.5) is 0 Å². The number of hydrogen-bond donors (Lipinski definition) is 0. The summed E-state index contributed by atoms with van der Waals surface area (Å²) in [4.78, 5) is 15.9. The Balaban J connectivity index is 1.20. The Morgan fingerprint density at radius 3 is 1.20 bits per heavy atom. The van der Waals surface area contributed by atoms with E-state index < -0.39 is 8.07 Å². The van der Waals surface area contributed by atoms with E-state index in [1.54, 1.807) is 0 Å². The smallest absolute Gasteiger partial charge is 0.179 e. The summed E-state index contributed by atoms with van der Waals surface area (Å²) in [7, 11) is -2.75. The number of benzene rings is 9. The summed E-state index contributed by atoms with van der Waals surface area (Å²) in [6.45, 7) is 4.33. The van der Waals surface area contributed by atoms with Crippen molar-refractivity contribution in [3.8, 4) is 51.0 Å². The normalized spacial score (nSPS) is 11.6. The number of aryl methyl sites for hydroxylation is 2. The van der Waals surface area contributed by atoms with Gasteiger partial charge in [-0.15, -0.1) is 0 Å². The molecule has 0 aliphatic heterocycles. The van der Waals surface area contributed by atoms with Crippen molar-refractivity contribution in [1.29, 1.82) is 0 Å². The van der Waals surface area contributed by atoms with Crippen molar-refractivity contribution < 1.29 is 0 Å². The first-order chi connectivity index (χ1) is 31.6. The summed E-state index contributed by atoms with van der Waals surface area (Å²) >= 11 is 0. The molecule has 0 unspecified atom stereocenters. The highest BCUT2D eigenvalue weighted by molar-refractivity contribution is 7.19. The van der Waals surface area contributed by atoms with Gasteiger partial charge in [0.05, 0.1) is 22.3 Å². The van der Waals surface area contributed by atoms with Crippen molar-refractivity contribution >= 4 is 50.6 Å². The molecule has 304 valence electrons. The molecule has 64 heavy (non-hydrogen) atoms. The molecule has 4 nitrogen and oxygen atoms in total. The molecule has 0 N–H and O–H groups in total. The van der Waals surface area contributed by atoms with Crippen LogP contribution < -0.4 is 20.7 Å². The third-order valence-electron chi connectivity index (χ3n) is 12.5. The van der Waals surface area contributed by atoms with Gasteiger partial charge in [-0.1, -0.05) is 211 Å². The maximum Gasteiger partial charge on any atom is 0.179 e. The predicted octanol–water partition coefficient (Wildman–Crippen LogP) is 11.6. The van der Waals surface area contributed by atoms with Gasteiger partial charge in [-0.25, -0.2) is 15.0 Å². The Bertz CT molecular complexity index is 3210. The first-order valence-electron chi connectivity index (χ1n) is 21.9. The molecule has 0 radical (unpaired) electrons. The van der Waals surface area contributed by atoms with Gasteiger partial charge in [-0.3, -0.25) is 0 Å². The largest absolute Gasteiger partial charge is 0.308 e. The Labute approximate surface area is 374 Å². The van der Waals surface area contributed by atoms with E-state index in [0.29, 0.717) is 17.5 Å². The van der Waals surface area contributed by atoms with Gasteiger partial charge in [0.1, 0.15) is 0 Å². The third kappa shape index (κ3) is 6.74. The highest BCUT2D eigenvalue weighted by Crippen LogP contribution is 2.41. The number of fused-ring (bicyclic) bond motifs is 3. The Hall–Kier alpha value is -7.99. The van der Waals surface area contributed by atoms with E-state index in [9.17, 15) is 0 Å². The van der Waals surface area contributed by atoms with Gasteiger partial charge >= 0.3 is 0 Å². The molecule has 0 fully saturated rings. The summed E-state index contributed by atoms with van der Waals surface area (Å²) in [6.07, 6.45) is 0. The first-order valence-corrected chi connectivity index (χ1v) is 23.9. The average Bonchev–Trinajstić information content (AvgIpc) is 3.67. The fourth-order valence-corrected chi connectivity index (χ4v) is 14.3. The quantitative estimate of drug-likeness (QED) is 0.107. The van der Waals surface area contributed by atoms with Crippen LogP contribution in [0, 0.1) is 13.8 Å². The Kier molecular flexibility index (Phi) is 9.95. The number of hydrogen-bond acceptors (Lipinski definition) is 3. The monoisotopic (exact) mass is 836 g/mol. The third-order valence-corrected chi connectivity index (χ3v) is 17.3. The number of aromatic nitrogens is 4. The van der Waals surface area contributed by atoms with Crippen LogP contribution in [0.25, 0.3) is 72.8 Å². The van der Waals surface area contributed by atoms with Gasteiger partial charge in [0.25, 0.3) is 0 Å². The molecule has 0 amide bonds. The molecule has 2 aromatic heterocycles. The lowest BCUT2D eigenvalue weighted by molar-refractivity contribution is 1.06. The highest BCUT2D eigenvalue weighted by Gasteiger charge is 2.41. The van der Waals surface area contributed by atoms with Crippen molar-refractivity contribution in [1.82, 2.24) is 19.5 Å². The second-order valence-corrected chi connectivity index (χ2v) is 20.3. The standard InChI is InChI=1S/C59H44N4Si/c1-41-31-37-53-51(39-41)52-40-42(2)32-38-54(52)63(53)55-30-18-29-50(56(55)59-61-57(44-19-8-3-9-20-44)60-58(62-59)45-21-10-4-11-22-45)43-33-35-49(36-34-43)64(46-23-12-5-13-24-46,47-25-14-6-15-26-47)48-27-16-7-17-28-48/h3-40H,1-2H3. The molecular weight excluding hydrogens is 793 g/mol. The van der Waals surface area contributed by atoms with Crippen molar-refractivity contribution in [3.05, 3.63) is 242 Å². The van der Waals surface area contributed by atoms with Crippen LogP contribution in [0.5, 0.6) is 0 Å². The van der Waals surface area contributed by atoms with E-state index in [1.165, 1.54) is 42.6 Å². The minimum absolute atomic E-state index is 0.609. The van der Waals surface area contributed by atoms with E-state index in [0.717, 1.165) is 44.5 Å². The van der Waals surface area contributed by atoms with Crippen molar-refractivity contribution in [2.75, 3.05) is 0 Å². The van der Waals surface area contributed by atoms with E-state index in [4.69, 9.17) is 15.0 Å². The van der Waals surface area contributed by atoms with E-state index in [-0.39, 0.29) is 0 Å². The van der Waals surface area contributed by atoms with Crippen LogP contribution in [0.3, 0.4) is 0 Å². The molecule has 0 spiro atoms. The van der Waals surface area contributed by atoms with E-state index in [1.807, 2.05) is 36.4 Å². The predicted molar refractivity (Wildman–Crippen MR) is 269 cm³/mol. The maximum absolute atomic E-state index is 5.39. The van der Waals surface area contributed by atoms with E-state index in [2.05, 4.69) is 213 Å². The van der Waals surface area contributed by atoms with Gasteiger partial charge in [-0.05, 0) is 76.1 Å². The van der Waals surface area contributed by atoms with Gasteiger partial charge in [-0.2, -0.15) is 0 Å². The SMILES string of the molecule is Cc1ccc2c(c1)c1cc(C)ccc1n2-c1cccc(-c2ccc([Si](c3ccccc3)(c3ccccc3)c3ccccc3)cc2)c1-c1nc(-c2ccccc2)nc(-c2ccccc2)n1. The van der Waals surface area contributed by atoms with Crippen LogP contribution in [0.1, 0.15) is 11.1 Å². The fourth-order valence-electron chi connectivity index (χ4n) is 9.60. The van der Waals surface area contributed by atoms with Gasteiger partial charge in [0.2, 0.25) is 0 Å². The van der Waals surface area contributed by atoms with Gasteiger partial charge in [0.15, 0.2) is 25.5 Å². The van der Waals surface area contributed by atoms with E-state index >= 15 is 0 Å². The zero-order chi connectivity index (χ0) is 43.0. The van der Waals surface area contributed by atoms with Gasteiger partial charge in [0, 0.05) is 21.9 Å². The lowest BCUT2D eigenvalue weighted by Gasteiger charge is -2.34. The topological polar surface area (TPSA) is 43.6 Å². The Morgan fingerprint density at radius 2 is 0.750 bits per heavy atom. The molecule has 0 atom stereocenters. The Morgan fingerprint density at radius 1 is 0.344 bits per heavy atom. The average molecular weight is 837 g/mol. The zero-order valence-corrected chi connectivity index (χ0v) is 36.7. The van der Waals surface area contributed by atoms with Crippen molar-refractivity contribution in [2.24, 2.45) is 0 Å². The van der Waals surface area contributed by atoms with Crippen LogP contribution in [0.2, 0.25) is 0 Å². The summed E-state index contributed by atoms with van der Waals surface area (Å²) in [6, 6.07) is 83.2. The second kappa shape index (κ2) is 16.4. The minimum atomic E-state index is -2.75. The lowest BCUT2D eigenvalue weighted by Crippen LogP contribution is -2.74. The first kappa shape index (κ1) is 38.9. The molecule has 9 aromatic carbocycles. The molecule has 5 heteroatoms. The van der Waals surface area contributed by atoms with Gasteiger partial charge < -0.3 is 4.57 Å². The van der Waals surface area contributed by atoms with Crippen molar-refractivity contribution in [2.45, 2.75) is 13.8 Å². The molecule has 11 rings (SSSR count). The molecule has 0 saturated heterocycles. The molecule has 0 aliphatic carbocycles. The highest BCUT2D eigenvalue weighted by atomic mass is 28.3. The molecule has 2 heterocycles. The van der Waals surface area contributed by atoms with Crippen LogP contribution in [0.15, 0.2) is 231 Å². The lowest BCUT2D eigenvalue weighted by atomic mass is 9.97. The van der Waals surface area contributed by atoms with Crippen molar-refractivity contribution in [3.63, 3.8) is 0 Å². The van der Waals surface area contributed by atoms with Crippen LogP contribution in [-0.4, -0.2) is 27.6 Å². The molecule has 0 aliphatic rings. The number of nitrogens with zero attached hydrogens (tertiary/aromatic N) is 4. The summed E-state index contributed by atoms with van der Waals surface area (Å²) in [5.74, 6) is 1.86.